The highest BCUT2D eigenvalue weighted by molar-refractivity contribution is 5.92. The van der Waals surface area contributed by atoms with Gasteiger partial charge in [-0.15, -0.1) is 0 Å². The minimum atomic E-state index is -0.682. The molecule has 0 atom stereocenters. The Bertz CT molecular complexity index is 1630. The number of pyridine rings is 1. The van der Waals surface area contributed by atoms with Crippen LogP contribution in [0.5, 0.6) is 5.75 Å². The van der Waals surface area contributed by atoms with Crippen molar-refractivity contribution in [2.24, 2.45) is 0 Å². The lowest BCUT2D eigenvalue weighted by Crippen LogP contribution is -2.08. The Balaban J connectivity index is 1.57. The van der Waals surface area contributed by atoms with E-state index >= 15 is 0 Å². The summed E-state index contributed by atoms with van der Waals surface area (Å²) in [6.07, 6.45) is 2.99. The summed E-state index contributed by atoms with van der Waals surface area (Å²) in [5, 5.41) is 8.38. The van der Waals surface area contributed by atoms with E-state index in [-0.39, 0.29) is 30.1 Å². The highest BCUT2D eigenvalue weighted by Crippen LogP contribution is 2.31. The van der Waals surface area contributed by atoms with E-state index in [4.69, 9.17) is 9.47 Å². The maximum Gasteiger partial charge on any atom is 0.249 e. The van der Waals surface area contributed by atoms with Crippen molar-refractivity contribution in [1.29, 1.82) is 0 Å². The van der Waals surface area contributed by atoms with Gasteiger partial charge in [0.2, 0.25) is 5.56 Å². The first-order chi connectivity index (χ1) is 18.0. The molecule has 9 nitrogen and oxygen atoms in total. The van der Waals surface area contributed by atoms with Crippen molar-refractivity contribution in [2.75, 3.05) is 19.5 Å². The Kier molecular flexibility index (Phi) is 6.60. The summed E-state index contributed by atoms with van der Waals surface area (Å²) in [5.41, 5.74) is 1.58. The van der Waals surface area contributed by atoms with Crippen LogP contribution in [0.15, 0.2) is 65.7 Å². The maximum absolute atomic E-state index is 14.8. The van der Waals surface area contributed by atoms with Crippen LogP contribution in [0.2, 0.25) is 0 Å². The predicted molar refractivity (Wildman–Crippen MR) is 134 cm³/mol. The molecule has 0 aliphatic rings. The van der Waals surface area contributed by atoms with Crippen molar-refractivity contribution in [3.63, 3.8) is 0 Å². The van der Waals surface area contributed by atoms with Gasteiger partial charge in [0, 0.05) is 36.0 Å². The van der Waals surface area contributed by atoms with E-state index in [1.807, 2.05) is 18.2 Å². The number of anilines is 2. The first kappa shape index (κ1) is 24.1. The Morgan fingerprint density at radius 1 is 1.08 bits per heavy atom. The van der Waals surface area contributed by atoms with Gasteiger partial charge < -0.3 is 19.8 Å². The van der Waals surface area contributed by atoms with Gasteiger partial charge in [0.25, 0.3) is 0 Å². The average molecular weight is 504 g/mol. The third-order valence-electron chi connectivity index (χ3n) is 5.70. The van der Waals surface area contributed by atoms with Gasteiger partial charge in [-0.1, -0.05) is 18.2 Å². The third kappa shape index (κ3) is 4.89. The van der Waals surface area contributed by atoms with Crippen LogP contribution >= 0.6 is 0 Å². The number of hydrogen-bond acceptors (Lipinski definition) is 7. The summed E-state index contributed by atoms with van der Waals surface area (Å²) in [7, 11) is 2.94. The van der Waals surface area contributed by atoms with Gasteiger partial charge in [0.15, 0.2) is 17.4 Å². The Labute approximate surface area is 209 Å². The molecule has 37 heavy (non-hydrogen) atoms. The fraction of sp³-hybridized carbons (Fsp3) is 0.154. The lowest BCUT2D eigenvalue weighted by atomic mass is 10.1. The van der Waals surface area contributed by atoms with Crippen LogP contribution in [0.4, 0.5) is 20.3 Å². The van der Waals surface area contributed by atoms with Crippen LogP contribution in [-0.2, 0) is 17.9 Å². The summed E-state index contributed by atoms with van der Waals surface area (Å²) < 4.78 is 41.5. The molecule has 0 unspecified atom stereocenters. The number of methoxy groups -OCH3 is 2. The number of ether oxygens (including phenoxy) is 2. The monoisotopic (exact) mass is 504 g/mol. The van der Waals surface area contributed by atoms with Gasteiger partial charge >= 0.3 is 0 Å². The second-order valence-electron chi connectivity index (χ2n) is 8.17. The van der Waals surface area contributed by atoms with Crippen molar-refractivity contribution in [2.45, 2.75) is 13.2 Å². The predicted octanol–water partition coefficient (Wildman–Crippen LogP) is 4.41. The Morgan fingerprint density at radius 2 is 1.86 bits per heavy atom. The van der Waals surface area contributed by atoms with Crippen LogP contribution in [0, 0.1) is 11.6 Å². The number of nitrogens with one attached hydrogen (secondary N) is 2. The molecule has 0 spiro atoms. The third-order valence-corrected chi connectivity index (χ3v) is 5.70. The number of fused-ring (bicyclic) bond motifs is 1. The summed E-state index contributed by atoms with van der Waals surface area (Å²) >= 11 is 0. The second kappa shape index (κ2) is 10.2. The smallest absolute Gasteiger partial charge is 0.249 e. The molecule has 0 bridgehead atoms. The fourth-order valence-corrected chi connectivity index (χ4v) is 4.00. The number of halogens is 2. The zero-order valence-electron chi connectivity index (χ0n) is 20.0. The molecule has 0 amide bonds. The van der Waals surface area contributed by atoms with Crippen LogP contribution in [0.25, 0.3) is 22.4 Å². The molecule has 0 saturated carbocycles. The molecule has 5 aromatic rings. The number of para-hydroxylation sites is 1. The zero-order chi connectivity index (χ0) is 25.9. The van der Waals surface area contributed by atoms with E-state index in [1.165, 1.54) is 49.5 Å². The van der Waals surface area contributed by atoms with Gasteiger partial charge in [-0.25, -0.2) is 18.7 Å². The maximum atomic E-state index is 14.8. The minimum absolute atomic E-state index is 0.103. The van der Waals surface area contributed by atoms with E-state index < -0.39 is 11.6 Å². The molecule has 3 aromatic heterocycles. The lowest BCUT2D eigenvalue weighted by Gasteiger charge is -2.10. The van der Waals surface area contributed by atoms with Gasteiger partial charge in [-0.05, 0) is 29.8 Å². The van der Waals surface area contributed by atoms with Crippen LogP contribution in [0.1, 0.15) is 11.1 Å². The molecule has 11 heteroatoms. The standard InChI is InChI=1S/C26H22F2N6O3/c1-36-14-15-9-19(27)18(20(28)10-15)13-34-21-6-4-3-5-17(21)24(33-34)26-30-12-22(37-2)25(32-26)31-16-7-8-29-23(35)11-16/h3-12H,13-14H2,1-2H3,(H2,29,30,31,32,35). The van der Waals surface area contributed by atoms with Crippen LogP contribution in [-0.4, -0.2) is 39.0 Å². The van der Waals surface area contributed by atoms with Crippen molar-refractivity contribution in [3.05, 3.63) is 94.0 Å². The number of benzene rings is 2. The van der Waals surface area contributed by atoms with Gasteiger partial charge in [0.05, 0.1) is 32.0 Å². The van der Waals surface area contributed by atoms with E-state index in [2.05, 4.69) is 25.4 Å². The Morgan fingerprint density at radius 3 is 2.59 bits per heavy atom. The largest absolute Gasteiger partial charge is 0.491 e. The number of nitrogens with zero attached hydrogens (tertiary/aromatic N) is 4. The molecule has 3 heterocycles. The molecule has 2 N–H and O–H groups in total. The summed E-state index contributed by atoms with van der Waals surface area (Å²) in [6, 6.07) is 12.9. The van der Waals surface area contributed by atoms with Crippen molar-refractivity contribution in [3.8, 4) is 17.3 Å². The highest BCUT2D eigenvalue weighted by atomic mass is 19.1. The molecule has 0 aliphatic heterocycles. The number of aromatic amines is 1. The van der Waals surface area contributed by atoms with Crippen molar-refractivity contribution in [1.82, 2.24) is 24.7 Å². The molecular weight excluding hydrogens is 482 g/mol. The summed E-state index contributed by atoms with van der Waals surface area (Å²) in [6.45, 7) is -0.0367. The number of H-pyrrole nitrogens is 1. The molecule has 5 rings (SSSR count). The van der Waals surface area contributed by atoms with E-state index in [0.29, 0.717) is 39.4 Å². The topological polar surface area (TPSA) is 107 Å². The average Bonchev–Trinajstić information content (AvgIpc) is 3.25. The molecule has 0 saturated heterocycles. The number of aromatic nitrogens is 5. The molecule has 2 aromatic carbocycles. The first-order valence-electron chi connectivity index (χ1n) is 11.2. The lowest BCUT2D eigenvalue weighted by molar-refractivity contribution is 0.184. The normalized spacial score (nSPS) is 11.1. The molecular formula is C26H22F2N6O3. The van der Waals surface area contributed by atoms with Crippen molar-refractivity contribution >= 4 is 22.4 Å². The number of hydrogen-bond donors (Lipinski definition) is 2. The quantitative estimate of drug-likeness (QED) is 0.322. The van der Waals surface area contributed by atoms with Gasteiger partial charge in [0.1, 0.15) is 17.3 Å². The first-order valence-corrected chi connectivity index (χ1v) is 11.2. The number of rotatable bonds is 8. The SMILES string of the molecule is COCc1cc(F)c(Cn2nc(-c3ncc(OC)c(Nc4cc[nH]c(=O)c4)n3)c3ccccc32)c(F)c1. The highest BCUT2D eigenvalue weighted by Gasteiger charge is 2.19. The Hall–Kier alpha value is -4.64. The summed E-state index contributed by atoms with van der Waals surface area (Å²) in [4.78, 5) is 23.2. The van der Waals surface area contributed by atoms with E-state index in [1.54, 1.807) is 12.1 Å². The molecule has 0 fully saturated rings. The molecule has 0 aliphatic carbocycles. The zero-order valence-corrected chi connectivity index (χ0v) is 20.0. The van der Waals surface area contributed by atoms with E-state index in [9.17, 15) is 13.6 Å². The molecule has 188 valence electrons. The van der Waals surface area contributed by atoms with Crippen LogP contribution < -0.4 is 15.6 Å². The van der Waals surface area contributed by atoms with E-state index in [0.717, 1.165) is 0 Å². The fourth-order valence-electron chi connectivity index (χ4n) is 4.00. The summed E-state index contributed by atoms with van der Waals surface area (Å²) in [5.74, 6) is -0.425. The minimum Gasteiger partial charge on any atom is -0.491 e. The van der Waals surface area contributed by atoms with Crippen molar-refractivity contribution < 1.29 is 18.3 Å². The second-order valence-corrected chi connectivity index (χ2v) is 8.17. The van der Waals surface area contributed by atoms with Crippen LogP contribution in [0.3, 0.4) is 0 Å². The van der Waals surface area contributed by atoms with Gasteiger partial charge in [-0.2, -0.15) is 5.10 Å². The van der Waals surface area contributed by atoms with Gasteiger partial charge in [-0.3, -0.25) is 9.48 Å². The molecule has 0 radical (unpaired) electrons.